The maximum Gasteiger partial charge on any atom is 0.248 e. The van der Waals surface area contributed by atoms with E-state index in [0.717, 1.165) is 17.7 Å². The Labute approximate surface area is 145 Å². The molecule has 0 fully saturated rings. The Balaban J connectivity index is 2.09. The van der Waals surface area contributed by atoms with Crippen molar-refractivity contribution < 1.29 is 14.3 Å². The molecule has 1 atom stereocenters. The quantitative estimate of drug-likeness (QED) is 0.861. The number of hydrogen-bond acceptors (Lipinski definition) is 7. The number of fused-ring (bicyclic) bond motifs is 1. The Morgan fingerprint density at radius 2 is 2.16 bits per heavy atom. The third-order valence-electron chi connectivity index (χ3n) is 4.06. The first-order chi connectivity index (χ1) is 12.1. The van der Waals surface area contributed by atoms with E-state index in [1.165, 1.54) is 0 Å². The average molecular weight is 343 g/mol. The van der Waals surface area contributed by atoms with E-state index in [0.29, 0.717) is 29.6 Å². The molecule has 1 aromatic heterocycles. The molecule has 1 unspecified atom stereocenters. The van der Waals surface area contributed by atoms with Crippen molar-refractivity contribution in [3.63, 3.8) is 0 Å². The van der Waals surface area contributed by atoms with Crippen molar-refractivity contribution in [3.8, 4) is 11.5 Å². The number of nitrogens with zero attached hydrogens (tertiary/aromatic N) is 4. The van der Waals surface area contributed by atoms with Gasteiger partial charge in [-0.2, -0.15) is 4.68 Å². The standard InChI is InChI=1S/C17H21N5O3/c1-5-8-25-13-7-6-12(9-14(13)24-4)16-15(11(3)23)10(2)18-17-19-20-21-22(16)17/h6-7,9,16H,5,8H2,1-4H3,(H,18,19,21). The highest BCUT2D eigenvalue weighted by Gasteiger charge is 2.32. The van der Waals surface area contributed by atoms with E-state index < -0.39 is 6.04 Å². The molecule has 25 heavy (non-hydrogen) atoms. The number of rotatable bonds is 6. The first-order valence-corrected chi connectivity index (χ1v) is 8.14. The van der Waals surface area contributed by atoms with Crippen LogP contribution >= 0.6 is 0 Å². The monoisotopic (exact) mass is 343 g/mol. The minimum Gasteiger partial charge on any atom is -0.493 e. The predicted molar refractivity (Wildman–Crippen MR) is 91.7 cm³/mol. The molecule has 8 nitrogen and oxygen atoms in total. The van der Waals surface area contributed by atoms with Crippen LogP contribution < -0.4 is 14.8 Å². The molecular formula is C17H21N5O3. The second-order valence-corrected chi connectivity index (χ2v) is 5.83. The van der Waals surface area contributed by atoms with Crippen LogP contribution in [-0.4, -0.2) is 39.7 Å². The lowest BCUT2D eigenvalue weighted by molar-refractivity contribution is -0.114. The molecule has 1 N–H and O–H groups in total. The molecule has 1 aliphatic rings. The van der Waals surface area contributed by atoms with Crippen molar-refractivity contribution >= 4 is 11.7 Å². The van der Waals surface area contributed by atoms with Crippen LogP contribution in [0.1, 0.15) is 38.8 Å². The summed E-state index contributed by atoms with van der Waals surface area (Å²) >= 11 is 0. The van der Waals surface area contributed by atoms with Gasteiger partial charge in [0.15, 0.2) is 17.3 Å². The number of aromatic nitrogens is 4. The number of carbonyl (C=O) groups excluding carboxylic acids is 1. The molecule has 0 aliphatic carbocycles. The molecule has 0 saturated heterocycles. The van der Waals surface area contributed by atoms with Gasteiger partial charge in [-0.25, -0.2) is 0 Å². The van der Waals surface area contributed by atoms with Gasteiger partial charge in [0.25, 0.3) is 0 Å². The summed E-state index contributed by atoms with van der Waals surface area (Å²) < 4.78 is 12.8. The van der Waals surface area contributed by atoms with Gasteiger partial charge in [-0.3, -0.25) is 4.79 Å². The van der Waals surface area contributed by atoms with E-state index in [1.54, 1.807) is 18.7 Å². The number of carbonyl (C=O) groups is 1. The van der Waals surface area contributed by atoms with E-state index >= 15 is 0 Å². The number of hydrogen-bond donors (Lipinski definition) is 1. The van der Waals surface area contributed by atoms with Crippen LogP contribution in [0.4, 0.5) is 5.95 Å². The van der Waals surface area contributed by atoms with Gasteiger partial charge >= 0.3 is 0 Å². The van der Waals surface area contributed by atoms with Gasteiger partial charge in [0.1, 0.15) is 6.04 Å². The lowest BCUT2D eigenvalue weighted by atomic mass is 9.93. The smallest absolute Gasteiger partial charge is 0.248 e. The van der Waals surface area contributed by atoms with Crippen molar-refractivity contribution in [1.82, 2.24) is 20.2 Å². The summed E-state index contributed by atoms with van der Waals surface area (Å²) in [7, 11) is 1.59. The van der Waals surface area contributed by atoms with Crippen LogP contribution in [0.3, 0.4) is 0 Å². The Hall–Kier alpha value is -2.90. The molecule has 3 rings (SSSR count). The third kappa shape index (κ3) is 3.07. The zero-order valence-corrected chi connectivity index (χ0v) is 14.7. The minimum atomic E-state index is -0.419. The fraction of sp³-hybridized carbons (Fsp3) is 0.412. The van der Waals surface area contributed by atoms with Gasteiger partial charge in [-0.05, 0) is 48.4 Å². The molecule has 2 aromatic rings. The number of ether oxygens (including phenoxy) is 2. The number of anilines is 1. The molecular weight excluding hydrogens is 322 g/mol. The summed E-state index contributed by atoms with van der Waals surface area (Å²) in [5.74, 6) is 1.74. The van der Waals surface area contributed by atoms with E-state index in [4.69, 9.17) is 9.47 Å². The molecule has 132 valence electrons. The zero-order chi connectivity index (χ0) is 18.0. The summed E-state index contributed by atoms with van der Waals surface area (Å²) in [6, 6.07) is 5.20. The van der Waals surface area contributed by atoms with Gasteiger partial charge in [0.2, 0.25) is 5.95 Å². The lowest BCUT2D eigenvalue weighted by Gasteiger charge is -2.27. The van der Waals surface area contributed by atoms with Crippen LogP contribution in [-0.2, 0) is 4.79 Å². The number of allylic oxidation sites excluding steroid dienone is 2. The van der Waals surface area contributed by atoms with Crippen LogP contribution in [0.5, 0.6) is 11.5 Å². The largest absolute Gasteiger partial charge is 0.493 e. The number of nitrogens with one attached hydrogen (secondary N) is 1. The summed E-state index contributed by atoms with van der Waals surface area (Å²) in [5, 5.41) is 14.8. The van der Waals surface area contributed by atoms with Gasteiger partial charge in [0, 0.05) is 11.3 Å². The van der Waals surface area contributed by atoms with E-state index in [2.05, 4.69) is 20.8 Å². The summed E-state index contributed by atoms with van der Waals surface area (Å²) in [6.07, 6.45) is 0.906. The van der Waals surface area contributed by atoms with Crippen LogP contribution in [0.2, 0.25) is 0 Å². The van der Waals surface area contributed by atoms with Gasteiger partial charge in [-0.1, -0.05) is 18.1 Å². The van der Waals surface area contributed by atoms with E-state index in [1.807, 2.05) is 32.0 Å². The maximum absolute atomic E-state index is 12.3. The fourth-order valence-electron chi connectivity index (χ4n) is 2.96. The van der Waals surface area contributed by atoms with Crippen LogP contribution in [0, 0.1) is 0 Å². The second kappa shape index (κ2) is 6.92. The SMILES string of the molecule is CCCOc1ccc(C2C(C(C)=O)=C(C)Nc3nnnn32)cc1OC. The highest BCUT2D eigenvalue weighted by atomic mass is 16.5. The predicted octanol–water partition coefficient (Wildman–Crippen LogP) is 2.35. The Morgan fingerprint density at radius 1 is 1.36 bits per heavy atom. The highest BCUT2D eigenvalue weighted by Crippen LogP contribution is 2.38. The molecule has 0 spiro atoms. The summed E-state index contributed by atoms with van der Waals surface area (Å²) in [5.41, 5.74) is 2.20. The first kappa shape index (κ1) is 16.9. The van der Waals surface area contributed by atoms with Crippen molar-refractivity contribution in [3.05, 3.63) is 35.0 Å². The summed E-state index contributed by atoms with van der Waals surface area (Å²) in [6.45, 7) is 6.04. The van der Waals surface area contributed by atoms with Crippen molar-refractivity contribution in [2.24, 2.45) is 0 Å². The number of benzene rings is 1. The maximum atomic E-state index is 12.3. The molecule has 2 heterocycles. The van der Waals surface area contributed by atoms with Gasteiger partial charge in [-0.15, -0.1) is 0 Å². The Kier molecular flexibility index (Phi) is 4.69. The van der Waals surface area contributed by atoms with Crippen molar-refractivity contribution in [1.29, 1.82) is 0 Å². The Morgan fingerprint density at radius 3 is 2.84 bits per heavy atom. The molecule has 0 bridgehead atoms. The molecule has 0 saturated carbocycles. The lowest BCUT2D eigenvalue weighted by Crippen LogP contribution is -2.27. The molecule has 8 heteroatoms. The van der Waals surface area contributed by atoms with Gasteiger partial charge in [0.05, 0.1) is 13.7 Å². The molecule has 1 aromatic carbocycles. The number of ketones is 1. The highest BCUT2D eigenvalue weighted by molar-refractivity contribution is 5.96. The van der Waals surface area contributed by atoms with E-state index in [-0.39, 0.29) is 5.78 Å². The van der Waals surface area contributed by atoms with Crippen LogP contribution in [0.15, 0.2) is 29.5 Å². The van der Waals surface area contributed by atoms with Crippen molar-refractivity contribution in [2.75, 3.05) is 19.0 Å². The average Bonchev–Trinajstić information content (AvgIpc) is 3.06. The fourth-order valence-corrected chi connectivity index (χ4v) is 2.96. The second-order valence-electron chi connectivity index (χ2n) is 5.83. The number of methoxy groups -OCH3 is 1. The Bertz CT molecular complexity index is 827. The molecule has 0 radical (unpaired) electrons. The van der Waals surface area contributed by atoms with E-state index in [9.17, 15) is 4.79 Å². The minimum absolute atomic E-state index is 0.0403. The number of tetrazole rings is 1. The molecule has 1 aliphatic heterocycles. The first-order valence-electron chi connectivity index (χ1n) is 8.14. The number of Topliss-reactive ketones (excluding diaryl/α,β-unsaturated/α-hetero) is 1. The third-order valence-corrected chi connectivity index (χ3v) is 4.06. The van der Waals surface area contributed by atoms with Crippen molar-refractivity contribution in [2.45, 2.75) is 33.2 Å². The normalized spacial score (nSPS) is 16.2. The molecule has 0 amide bonds. The topological polar surface area (TPSA) is 91.2 Å². The van der Waals surface area contributed by atoms with Gasteiger partial charge < -0.3 is 14.8 Å². The summed E-state index contributed by atoms with van der Waals surface area (Å²) in [4.78, 5) is 12.3. The zero-order valence-electron chi connectivity index (χ0n) is 14.7. The van der Waals surface area contributed by atoms with Crippen LogP contribution in [0.25, 0.3) is 0 Å².